The zero-order valence-electron chi connectivity index (χ0n) is 8.86. The first-order valence-electron chi connectivity index (χ1n) is 5.27. The minimum atomic E-state index is -0.185. The van der Waals surface area contributed by atoms with Gasteiger partial charge in [-0.1, -0.05) is 6.92 Å². The molecule has 1 aliphatic rings. The summed E-state index contributed by atoms with van der Waals surface area (Å²) >= 11 is 0. The lowest BCUT2D eigenvalue weighted by molar-refractivity contribution is 0.444. The molecule has 0 bridgehead atoms. The highest BCUT2D eigenvalue weighted by Gasteiger charge is 2.17. The summed E-state index contributed by atoms with van der Waals surface area (Å²) in [7, 11) is 0. The zero-order valence-corrected chi connectivity index (χ0v) is 8.86. The maximum atomic E-state index is 11.2. The van der Waals surface area contributed by atoms with Gasteiger partial charge in [-0.25, -0.2) is 0 Å². The number of aromatic amines is 1. The average molecular weight is 208 g/mol. The summed E-state index contributed by atoms with van der Waals surface area (Å²) in [5.41, 5.74) is 5.32. The molecule has 3 N–H and O–H groups in total. The summed E-state index contributed by atoms with van der Waals surface area (Å²) in [6.45, 7) is 4.12. The first-order valence-corrected chi connectivity index (χ1v) is 5.27. The Kier molecular flexibility index (Phi) is 2.62. The van der Waals surface area contributed by atoms with E-state index < -0.39 is 0 Å². The average Bonchev–Trinajstić information content (AvgIpc) is 2.16. The van der Waals surface area contributed by atoms with Crippen molar-refractivity contribution < 1.29 is 0 Å². The maximum Gasteiger partial charge on any atom is 0.254 e. The number of anilines is 2. The number of rotatable bonds is 1. The summed E-state index contributed by atoms with van der Waals surface area (Å²) in [6, 6.07) is 1.51. The molecule has 2 heterocycles. The van der Waals surface area contributed by atoms with Gasteiger partial charge in [0, 0.05) is 19.2 Å². The lowest BCUT2D eigenvalue weighted by Gasteiger charge is -2.31. The molecule has 0 aromatic carbocycles. The van der Waals surface area contributed by atoms with E-state index in [4.69, 9.17) is 5.73 Å². The normalized spacial score (nSPS) is 21.7. The SMILES string of the molecule is CC1CCCN(c2cc(=O)[nH]c(N)n2)C1. The minimum absolute atomic E-state index is 0.185. The van der Waals surface area contributed by atoms with Crippen LogP contribution in [-0.4, -0.2) is 23.1 Å². The highest BCUT2D eigenvalue weighted by atomic mass is 16.1. The van der Waals surface area contributed by atoms with Crippen LogP contribution in [0.25, 0.3) is 0 Å². The largest absolute Gasteiger partial charge is 0.369 e. The topological polar surface area (TPSA) is 75.0 Å². The van der Waals surface area contributed by atoms with Crippen molar-refractivity contribution in [1.82, 2.24) is 9.97 Å². The molecule has 0 radical (unpaired) electrons. The Morgan fingerprint density at radius 2 is 2.47 bits per heavy atom. The van der Waals surface area contributed by atoms with E-state index in [9.17, 15) is 4.79 Å². The van der Waals surface area contributed by atoms with Crippen molar-refractivity contribution in [2.45, 2.75) is 19.8 Å². The van der Waals surface area contributed by atoms with Gasteiger partial charge in [0.05, 0.1) is 0 Å². The van der Waals surface area contributed by atoms with Gasteiger partial charge in [0.25, 0.3) is 5.56 Å². The number of H-pyrrole nitrogens is 1. The van der Waals surface area contributed by atoms with Crippen LogP contribution in [0.15, 0.2) is 10.9 Å². The van der Waals surface area contributed by atoms with E-state index in [1.165, 1.54) is 12.5 Å². The van der Waals surface area contributed by atoms with Crippen LogP contribution in [0.2, 0.25) is 0 Å². The highest BCUT2D eigenvalue weighted by Crippen LogP contribution is 2.20. The van der Waals surface area contributed by atoms with Crippen LogP contribution in [0.3, 0.4) is 0 Å². The molecule has 5 nitrogen and oxygen atoms in total. The van der Waals surface area contributed by atoms with Gasteiger partial charge < -0.3 is 10.6 Å². The summed E-state index contributed by atoms with van der Waals surface area (Å²) in [6.07, 6.45) is 2.39. The molecular formula is C10H16N4O. The number of aromatic nitrogens is 2. The van der Waals surface area contributed by atoms with Crippen LogP contribution in [0.4, 0.5) is 11.8 Å². The van der Waals surface area contributed by atoms with Gasteiger partial charge in [0.2, 0.25) is 5.95 Å². The van der Waals surface area contributed by atoms with E-state index >= 15 is 0 Å². The van der Waals surface area contributed by atoms with Crippen molar-refractivity contribution >= 4 is 11.8 Å². The first kappa shape index (κ1) is 10.0. The molecule has 82 valence electrons. The van der Waals surface area contributed by atoms with Crippen LogP contribution < -0.4 is 16.2 Å². The molecule has 0 spiro atoms. The molecule has 1 aliphatic heterocycles. The first-order chi connectivity index (χ1) is 7.15. The van der Waals surface area contributed by atoms with Crippen molar-refractivity contribution in [3.05, 3.63) is 16.4 Å². The number of hydrogen-bond acceptors (Lipinski definition) is 4. The molecular weight excluding hydrogens is 192 g/mol. The van der Waals surface area contributed by atoms with Gasteiger partial charge in [0.15, 0.2) is 0 Å². The van der Waals surface area contributed by atoms with Gasteiger partial charge in [-0.05, 0) is 18.8 Å². The van der Waals surface area contributed by atoms with E-state index in [1.807, 2.05) is 0 Å². The van der Waals surface area contributed by atoms with Crippen molar-refractivity contribution in [3.8, 4) is 0 Å². The monoisotopic (exact) mass is 208 g/mol. The third-order valence-electron chi connectivity index (χ3n) is 2.73. The van der Waals surface area contributed by atoms with E-state index in [2.05, 4.69) is 21.8 Å². The molecule has 0 saturated carbocycles. The number of nitrogen functional groups attached to an aromatic ring is 1. The van der Waals surface area contributed by atoms with Crippen LogP contribution in [0.5, 0.6) is 0 Å². The molecule has 0 amide bonds. The fraction of sp³-hybridized carbons (Fsp3) is 0.600. The number of nitrogens with one attached hydrogen (secondary N) is 1. The second-order valence-electron chi connectivity index (χ2n) is 4.18. The standard InChI is InChI=1S/C10H16N4O/c1-7-3-2-4-14(6-7)8-5-9(15)13-10(11)12-8/h5,7H,2-4,6H2,1H3,(H3,11,12,13,15). The van der Waals surface area contributed by atoms with Crippen molar-refractivity contribution in [2.24, 2.45) is 5.92 Å². The molecule has 1 aromatic rings. The summed E-state index contributed by atoms with van der Waals surface area (Å²) < 4.78 is 0. The summed E-state index contributed by atoms with van der Waals surface area (Å²) in [4.78, 5) is 19.9. The maximum absolute atomic E-state index is 11.2. The van der Waals surface area contributed by atoms with Crippen molar-refractivity contribution in [1.29, 1.82) is 0 Å². The molecule has 1 atom stereocenters. The molecule has 1 fully saturated rings. The van der Waals surface area contributed by atoms with E-state index in [0.29, 0.717) is 11.7 Å². The van der Waals surface area contributed by atoms with E-state index in [-0.39, 0.29) is 11.5 Å². The molecule has 1 aromatic heterocycles. The third-order valence-corrected chi connectivity index (χ3v) is 2.73. The van der Waals surface area contributed by atoms with Crippen LogP contribution in [0.1, 0.15) is 19.8 Å². The van der Waals surface area contributed by atoms with E-state index in [0.717, 1.165) is 19.5 Å². The third kappa shape index (κ3) is 2.29. The molecule has 1 unspecified atom stereocenters. The van der Waals surface area contributed by atoms with Crippen LogP contribution >= 0.6 is 0 Å². The smallest absolute Gasteiger partial charge is 0.254 e. The van der Waals surface area contributed by atoms with Gasteiger partial charge in [0.1, 0.15) is 5.82 Å². The van der Waals surface area contributed by atoms with Gasteiger partial charge in [-0.3, -0.25) is 9.78 Å². The molecule has 5 heteroatoms. The van der Waals surface area contributed by atoms with Gasteiger partial charge in [-0.2, -0.15) is 4.98 Å². The van der Waals surface area contributed by atoms with Crippen molar-refractivity contribution in [3.63, 3.8) is 0 Å². The fourth-order valence-corrected chi connectivity index (χ4v) is 2.02. The molecule has 2 rings (SSSR count). The van der Waals surface area contributed by atoms with Gasteiger partial charge in [-0.15, -0.1) is 0 Å². The molecule has 0 aliphatic carbocycles. The second-order valence-corrected chi connectivity index (χ2v) is 4.18. The predicted octanol–water partition coefficient (Wildman–Crippen LogP) is 0.588. The fourth-order valence-electron chi connectivity index (χ4n) is 2.02. The zero-order chi connectivity index (χ0) is 10.8. The Labute approximate surface area is 88.3 Å². The number of hydrogen-bond donors (Lipinski definition) is 2. The molecule has 1 saturated heterocycles. The second kappa shape index (κ2) is 3.92. The molecule has 15 heavy (non-hydrogen) atoms. The minimum Gasteiger partial charge on any atom is -0.369 e. The highest BCUT2D eigenvalue weighted by molar-refractivity contribution is 5.41. The Morgan fingerprint density at radius 1 is 1.67 bits per heavy atom. The van der Waals surface area contributed by atoms with Crippen LogP contribution in [-0.2, 0) is 0 Å². The van der Waals surface area contributed by atoms with Gasteiger partial charge >= 0.3 is 0 Å². The Hall–Kier alpha value is -1.52. The van der Waals surface area contributed by atoms with E-state index in [1.54, 1.807) is 0 Å². The lowest BCUT2D eigenvalue weighted by atomic mass is 10.0. The lowest BCUT2D eigenvalue weighted by Crippen LogP contribution is -2.35. The quantitative estimate of drug-likeness (QED) is 0.708. The Morgan fingerprint density at radius 3 is 3.13 bits per heavy atom. The number of nitrogens with zero attached hydrogens (tertiary/aromatic N) is 2. The summed E-state index contributed by atoms with van der Waals surface area (Å²) in [5.74, 6) is 1.54. The van der Waals surface area contributed by atoms with Crippen molar-refractivity contribution in [2.75, 3.05) is 23.7 Å². The number of piperidine rings is 1. The van der Waals surface area contributed by atoms with Crippen LogP contribution in [0, 0.1) is 5.92 Å². The Balaban J connectivity index is 2.24. The summed E-state index contributed by atoms with van der Waals surface area (Å²) in [5, 5.41) is 0. The predicted molar refractivity (Wildman–Crippen MR) is 59.9 cm³/mol. The Bertz CT molecular complexity index is 401. The number of nitrogens with two attached hydrogens (primary N) is 1.